The fourth-order valence-corrected chi connectivity index (χ4v) is 1.80. The first-order valence-electron chi connectivity index (χ1n) is 3.59. The molecule has 0 aliphatic carbocycles. The Morgan fingerprint density at radius 3 is 2.50 bits per heavy atom. The van der Waals surface area contributed by atoms with Crippen molar-refractivity contribution in [3.63, 3.8) is 0 Å². The molecule has 0 aromatic heterocycles. The predicted octanol–water partition coefficient (Wildman–Crippen LogP) is -1.09. The van der Waals surface area contributed by atoms with E-state index in [2.05, 4.69) is 5.32 Å². The summed E-state index contributed by atoms with van der Waals surface area (Å²) in [6, 6.07) is 0. The minimum absolute atomic E-state index is 0. The first-order valence-corrected chi connectivity index (χ1v) is 5.09. The lowest BCUT2D eigenvalue weighted by molar-refractivity contribution is 0.433. The van der Waals surface area contributed by atoms with E-state index < -0.39 is 10.2 Å². The monoisotopic (exact) mass is 215 g/mol. The van der Waals surface area contributed by atoms with Crippen molar-refractivity contribution in [3.05, 3.63) is 0 Å². The lowest BCUT2D eigenvalue weighted by Gasteiger charge is -2.15. The molecule has 12 heavy (non-hydrogen) atoms. The van der Waals surface area contributed by atoms with E-state index in [0.717, 1.165) is 13.0 Å². The number of hydrogen-bond donors (Lipinski definition) is 2. The highest BCUT2D eigenvalue weighted by Gasteiger charge is 2.17. The summed E-state index contributed by atoms with van der Waals surface area (Å²) in [6.45, 7) is 2.58. The lowest BCUT2D eigenvalue weighted by atomic mass is 10.4. The van der Waals surface area contributed by atoms with Crippen molar-refractivity contribution >= 4 is 22.6 Å². The largest absolute Gasteiger partial charge is 0.315 e. The molecule has 0 radical (unpaired) electrons. The molecule has 3 N–H and O–H groups in total. The van der Waals surface area contributed by atoms with Gasteiger partial charge in [0.2, 0.25) is 0 Å². The highest BCUT2D eigenvalue weighted by molar-refractivity contribution is 7.86. The summed E-state index contributed by atoms with van der Waals surface area (Å²) in [6.07, 6.45) is 0.830. The van der Waals surface area contributed by atoms with E-state index in [1.165, 1.54) is 4.31 Å². The third-order valence-electron chi connectivity index (χ3n) is 1.66. The molecule has 0 aromatic carbocycles. The zero-order chi connectivity index (χ0) is 8.32. The molecule has 0 atom stereocenters. The number of hydrogen-bond acceptors (Lipinski definition) is 3. The number of nitrogens with zero attached hydrogens (tertiary/aromatic N) is 1. The van der Waals surface area contributed by atoms with E-state index in [4.69, 9.17) is 5.14 Å². The van der Waals surface area contributed by atoms with Crippen molar-refractivity contribution in [3.8, 4) is 0 Å². The maximum absolute atomic E-state index is 10.8. The normalized spacial score (nSPS) is 21.1. The average molecular weight is 216 g/mol. The molecule has 7 heteroatoms. The van der Waals surface area contributed by atoms with E-state index in [1.807, 2.05) is 0 Å². The summed E-state index contributed by atoms with van der Waals surface area (Å²) >= 11 is 0. The minimum Gasteiger partial charge on any atom is -0.315 e. The molecular formula is C5H14ClN3O2S. The van der Waals surface area contributed by atoms with Gasteiger partial charge >= 0.3 is 0 Å². The summed E-state index contributed by atoms with van der Waals surface area (Å²) in [4.78, 5) is 0. The van der Waals surface area contributed by atoms with Gasteiger partial charge in [-0.3, -0.25) is 0 Å². The van der Waals surface area contributed by atoms with Crippen LogP contribution in [0.25, 0.3) is 0 Å². The van der Waals surface area contributed by atoms with Crippen molar-refractivity contribution < 1.29 is 8.42 Å². The Morgan fingerprint density at radius 2 is 1.92 bits per heavy atom. The van der Waals surface area contributed by atoms with Gasteiger partial charge < -0.3 is 5.32 Å². The third kappa shape index (κ3) is 3.68. The Hall–Kier alpha value is 0.120. The van der Waals surface area contributed by atoms with Crippen LogP contribution in [0.1, 0.15) is 6.42 Å². The van der Waals surface area contributed by atoms with Crippen LogP contribution in [0, 0.1) is 0 Å². The van der Waals surface area contributed by atoms with Crippen LogP contribution in [-0.2, 0) is 10.2 Å². The topological polar surface area (TPSA) is 75.4 Å². The Bertz CT molecular complexity index is 211. The van der Waals surface area contributed by atoms with Crippen LogP contribution in [-0.4, -0.2) is 38.9 Å². The summed E-state index contributed by atoms with van der Waals surface area (Å²) < 4.78 is 22.9. The number of rotatable bonds is 1. The second kappa shape index (κ2) is 4.98. The number of nitrogens with one attached hydrogen (secondary N) is 1. The molecule has 1 fully saturated rings. The summed E-state index contributed by atoms with van der Waals surface area (Å²) in [5.41, 5.74) is 0. The quantitative estimate of drug-likeness (QED) is 0.584. The van der Waals surface area contributed by atoms with Gasteiger partial charge in [-0.2, -0.15) is 12.7 Å². The van der Waals surface area contributed by atoms with E-state index in [0.29, 0.717) is 19.6 Å². The fourth-order valence-electron chi connectivity index (χ4n) is 1.08. The minimum atomic E-state index is -3.46. The Balaban J connectivity index is 0.00000121. The molecule has 1 saturated heterocycles. The summed E-state index contributed by atoms with van der Waals surface area (Å²) in [5, 5.41) is 8.04. The van der Waals surface area contributed by atoms with Crippen LogP contribution in [0.15, 0.2) is 0 Å². The van der Waals surface area contributed by atoms with Gasteiger partial charge in [-0.1, -0.05) is 0 Å². The van der Waals surface area contributed by atoms with Gasteiger partial charge in [0.25, 0.3) is 10.2 Å². The highest BCUT2D eigenvalue weighted by Crippen LogP contribution is 1.98. The molecule has 0 saturated carbocycles. The predicted molar refractivity (Wildman–Crippen MR) is 49.4 cm³/mol. The van der Waals surface area contributed by atoms with E-state index in [9.17, 15) is 8.42 Å². The maximum Gasteiger partial charge on any atom is 0.276 e. The molecule has 74 valence electrons. The van der Waals surface area contributed by atoms with Gasteiger partial charge in [0.1, 0.15) is 0 Å². The van der Waals surface area contributed by atoms with Crippen molar-refractivity contribution in [2.24, 2.45) is 5.14 Å². The first kappa shape index (κ1) is 12.1. The van der Waals surface area contributed by atoms with Crippen LogP contribution in [0.5, 0.6) is 0 Å². The molecule has 0 spiro atoms. The van der Waals surface area contributed by atoms with Gasteiger partial charge in [0, 0.05) is 19.6 Å². The smallest absolute Gasteiger partial charge is 0.276 e. The zero-order valence-corrected chi connectivity index (χ0v) is 8.33. The third-order valence-corrected chi connectivity index (χ3v) is 2.74. The van der Waals surface area contributed by atoms with Crippen LogP contribution in [0.3, 0.4) is 0 Å². The van der Waals surface area contributed by atoms with Gasteiger partial charge in [-0.15, -0.1) is 12.4 Å². The van der Waals surface area contributed by atoms with Crippen molar-refractivity contribution in [2.75, 3.05) is 26.2 Å². The number of nitrogens with two attached hydrogens (primary N) is 1. The maximum atomic E-state index is 10.8. The Kier molecular flexibility index (Phi) is 5.03. The average Bonchev–Trinajstić information content (AvgIpc) is 2.10. The fraction of sp³-hybridized carbons (Fsp3) is 1.00. The molecule has 1 aliphatic rings. The molecule has 1 aliphatic heterocycles. The molecule has 1 rings (SSSR count). The van der Waals surface area contributed by atoms with Gasteiger partial charge in [-0.05, 0) is 13.0 Å². The van der Waals surface area contributed by atoms with Gasteiger partial charge in [0.05, 0.1) is 0 Å². The molecule has 0 unspecified atom stereocenters. The van der Waals surface area contributed by atoms with Crippen molar-refractivity contribution in [1.82, 2.24) is 9.62 Å². The molecule has 1 heterocycles. The summed E-state index contributed by atoms with van der Waals surface area (Å²) in [5.74, 6) is 0. The van der Waals surface area contributed by atoms with Crippen LogP contribution >= 0.6 is 12.4 Å². The van der Waals surface area contributed by atoms with E-state index >= 15 is 0 Å². The first-order chi connectivity index (χ1) is 5.11. The molecular weight excluding hydrogens is 202 g/mol. The zero-order valence-electron chi connectivity index (χ0n) is 6.69. The second-order valence-corrected chi connectivity index (χ2v) is 4.09. The Morgan fingerprint density at radius 1 is 1.25 bits per heavy atom. The summed E-state index contributed by atoms with van der Waals surface area (Å²) in [7, 11) is -3.46. The second-order valence-electron chi connectivity index (χ2n) is 2.55. The molecule has 5 nitrogen and oxygen atoms in total. The van der Waals surface area contributed by atoms with Crippen molar-refractivity contribution in [1.29, 1.82) is 0 Å². The molecule has 0 amide bonds. The van der Waals surface area contributed by atoms with Crippen LogP contribution in [0.2, 0.25) is 0 Å². The van der Waals surface area contributed by atoms with E-state index in [-0.39, 0.29) is 12.4 Å². The Labute approximate surface area is 78.9 Å². The number of halogens is 1. The lowest BCUT2D eigenvalue weighted by Crippen LogP contribution is -2.38. The van der Waals surface area contributed by atoms with Gasteiger partial charge in [-0.25, -0.2) is 5.14 Å². The molecule has 0 aromatic rings. The SMILES string of the molecule is Cl.NS(=O)(=O)N1CCCNCC1. The molecule has 0 bridgehead atoms. The van der Waals surface area contributed by atoms with Crippen LogP contribution < -0.4 is 10.5 Å². The standard InChI is InChI=1S/C5H13N3O2S.ClH/c6-11(9,10)8-4-1-2-7-3-5-8;/h7H,1-5H2,(H2,6,9,10);1H. The highest BCUT2D eigenvalue weighted by atomic mass is 35.5. The van der Waals surface area contributed by atoms with Crippen LogP contribution in [0.4, 0.5) is 0 Å². The van der Waals surface area contributed by atoms with Gasteiger partial charge in [0.15, 0.2) is 0 Å². The van der Waals surface area contributed by atoms with E-state index in [1.54, 1.807) is 0 Å². The van der Waals surface area contributed by atoms with Crippen molar-refractivity contribution in [2.45, 2.75) is 6.42 Å².